The predicted molar refractivity (Wildman–Crippen MR) is 67.0 cm³/mol. The van der Waals surface area contributed by atoms with Crippen LogP contribution >= 0.6 is 0 Å². The van der Waals surface area contributed by atoms with E-state index in [4.69, 9.17) is 11.1 Å². The second kappa shape index (κ2) is 4.66. The second-order valence-electron chi connectivity index (χ2n) is 3.57. The molecule has 18 heavy (non-hydrogen) atoms. The minimum Gasteiger partial charge on any atom is -0.479 e. The van der Waals surface area contributed by atoms with E-state index in [2.05, 4.69) is 15.0 Å². The van der Waals surface area contributed by atoms with E-state index in [1.807, 2.05) is 30.3 Å². The van der Waals surface area contributed by atoms with Crippen LogP contribution in [-0.4, -0.2) is 32.9 Å². The Morgan fingerprint density at radius 3 is 2.50 bits per heavy atom. The number of aromatic hydroxyl groups is 1. The first-order chi connectivity index (χ1) is 8.58. The first-order valence-electron chi connectivity index (χ1n) is 5.16. The van der Waals surface area contributed by atoms with Crippen LogP contribution in [0.15, 0.2) is 30.3 Å². The molecule has 4 N–H and O–H groups in total. The van der Waals surface area contributed by atoms with E-state index in [9.17, 15) is 5.11 Å². The fourth-order valence-corrected chi connectivity index (χ4v) is 1.39. The maximum absolute atomic E-state index is 9.40. The number of anilines is 2. The van der Waals surface area contributed by atoms with Gasteiger partial charge in [-0.25, -0.2) is 0 Å². The molecular weight excluding hydrogens is 232 g/mol. The number of hydrogen-bond donors (Lipinski definition) is 3. The highest BCUT2D eigenvalue weighted by Gasteiger charge is 2.12. The van der Waals surface area contributed by atoms with Gasteiger partial charge in [-0.3, -0.25) is 5.41 Å². The summed E-state index contributed by atoms with van der Waals surface area (Å²) < 4.78 is 0. The number of rotatable bonds is 3. The predicted octanol–water partition coefficient (Wildman–Crippen LogP) is 0.629. The van der Waals surface area contributed by atoms with Crippen LogP contribution in [0.25, 0.3) is 0 Å². The molecule has 7 nitrogen and oxygen atoms in total. The average molecular weight is 244 g/mol. The fourth-order valence-electron chi connectivity index (χ4n) is 1.39. The SMILES string of the molecule is CN(c1ccccc1)c1nc(O)nc(C(=N)N)n1. The second-order valence-corrected chi connectivity index (χ2v) is 3.57. The summed E-state index contributed by atoms with van der Waals surface area (Å²) >= 11 is 0. The largest absolute Gasteiger partial charge is 0.479 e. The molecule has 2 aromatic rings. The maximum Gasteiger partial charge on any atom is 0.319 e. The van der Waals surface area contributed by atoms with Crippen LogP contribution in [0.4, 0.5) is 11.6 Å². The molecule has 1 heterocycles. The van der Waals surface area contributed by atoms with Gasteiger partial charge in [0.05, 0.1) is 0 Å². The Bertz CT molecular complexity index is 571. The minimum absolute atomic E-state index is 0.0553. The van der Waals surface area contributed by atoms with Gasteiger partial charge in [0, 0.05) is 12.7 Å². The lowest BCUT2D eigenvalue weighted by atomic mass is 10.3. The summed E-state index contributed by atoms with van der Waals surface area (Å²) in [5.41, 5.74) is 6.14. The van der Waals surface area contributed by atoms with E-state index >= 15 is 0 Å². The lowest BCUT2D eigenvalue weighted by Gasteiger charge is -2.17. The molecule has 0 aliphatic carbocycles. The molecule has 0 saturated carbocycles. The van der Waals surface area contributed by atoms with Crippen molar-refractivity contribution in [3.8, 4) is 6.01 Å². The Morgan fingerprint density at radius 1 is 1.22 bits per heavy atom. The molecule has 0 aliphatic heterocycles. The Balaban J connectivity index is 2.42. The van der Waals surface area contributed by atoms with Gasteiger partial charge in [0.1, 0.15) is 0 Å². The standard InChI is InChI=1S/C11H12N6O/c1-17(7-5-3-2-4-6-7)10-14-9(8(12)13)15-11(18)16-10/h2-6H,1H3,(H3,12,13)(H,14,15,16,18). The molecule has 0 saturated heterocycles. The number of hydrogen-bond acceptors (Lipinski definition) is 6. The van der Waals surface area contributed by atoms with Crippen LogP contribution in [0.1, 0.15) is 5.82 Å². The Hall–Kier alpha value is -2.70. The monoisotopic (exact) mass is 244 g/mol. The molecule has 7 heteroatoms. The number of nitrogens with zero attached hydrogens (tertiary/aromatic N) is 4. The number of amidine groups is 1. The summed E-state index contributed by atoms with van der Waals surface area (Å²) in [5, 5.41) is 16.7. The third-order valence-corrected chi connectivity index (χ3v) is 2.30. The van der Waals surface area contributed by atoms with Crippen LogP contribution in [0.3, 0.4) is 0 Å². The highest BCUT2D eigenvalue weighted by molar-refractivity contribution is 5.91. The molecule has 0 aliphatic rings. The van der Waals surface area contributed by atoms with Crippen LogP contribution in [-0.2, 0) is 0 Å². The zero-order valence-electron chi connectivity index (χ0n) is 9.70. The van der Waals surface area contributed by atoms with Crippen molar-refractivity contribution in [3.63, 3.8) is 0 Å². The van der Waals surface area contributed by atoms with E-state index in [0.717, 1.165) is 5.69 Å². The molecular formula is C11H12N6O. The van der Waals surface area contributed by atoms with Crippen molar-refractivity contribution in [2.75, 3.05) is 11.9 Å². The third-order valence-electron chi connectivity index (χ3n) is 2.30. The van der Waals surface area contributed by atoms with Crippen LogP contribution in [0, 0.1) is 5.41 Å². The summed E-state index contributed by atoms with van der Waals surface area (Å²) in [6.45, 7) is 0. The molecule has 0 amide bonds. The molecule has 1 aromatic heterocycles. The number of nitrogens with two attached hydrogens (primary N) is 1. The first kappa shape index (κ1) is 11.8. The van der Waals surface area contributed by atoms with Gasteiger partial charge in [0.15, 0.2) is 5.84 Å². The summed E-state index contributed by atoms with van der Waals surface area (Å²) in [5.74, 6) is -0.158. The van der Waals surface area contributed by atoms with E-state index in [0.29, 0.717) is 0 Å². The molecule has 0 spiro atoms. The minimum atomic E-state index is -0.465. The fraction of sp³-hybridized carbons (Fsp3) is 0.0909. The molecule has 0 radical (unpaired) electrons. The van der Waals surface area contributed by atoms with E-state index in [1.165, 1.54) is 0 Å². The molecule has 92 valence electrons. The first-order valence-corrected chi connectivity index (χ1v) is 5.16. The summed E-state index contributed by atoms with van der Waals surface area (Å²) in [6.07, 6.45) is 0. The molecule has 0 bridgehead atoms. The zero-order valence-corrected chi connectivity index (χ0v) is 9.70. The number of para-hydroxylation sites is 1. The lowest BCUT2D eigenvalue weighted by molar-refractivity contribution is 0.427. The van der Waals surface area contributed by atoms with Gasteiger partial charge in [-0.1, -0.05) is 18.2 Å². The quantitative estimate of drug-likeness (QED) is 0.539. The van der Waals surface area contributed by atoms with E-state index in [1.54, 1.807) is 11.9 Å². The van der Waals surface area contributed by atoms with Crippen molar-refractivity contribution in [3.05, 3.63) is 36.2 Å². The summed E-state index contributed by atoms with van der Waals surface area (Å²) in [7, 11) is 1.74. The highest BCUT2D eigenvalue weighted by Crippen LogP contribution is 2.20. The van der Waals surface area contributed by atoms with E-state index in [-0.39, 0.29) is 17.6 Å². The highest BCUT2D eigenvalue weighted by atomic mass is 16.3. The van der Waals surface area contributed by atoms with Gasteiger partial charge in [-0.15, -0.1) is 0 Å². The van der Waals surface area contributed by atoms with Gasteiger partial charge < -0.3 is 15.7 Å². The molecule has 2 rings (SSSR count). The summed E-state index contributed by atoms with van der Waals surface area (Å²) in [4.78, 5) is 13.0. The average Bonchev–Trinajstić information content (AvgIpc) is 2.38. The number of nitrogens with one attached hydrogen (secondary N) is 1. The van der Waals surface area contributed by atoms with Crippen molar-refractivity contribution in [2.24, 2.45) is 5.73 Å². The summed E-state index contributed by atoms with van der Waals surface area (Å²) in [6, 6.07) is 8.91. The van der Waals surface area contributed by atoms with E-state index < -0.39 is 6.01 Å². The Labute approximate surface area is 103 Å². The normalized spacial score (nSPS) is 10.1. The van der Waals surface area contributed by atoms with Crippen molar-refractivity contribution < 1.29 is 5.11 Å². The topological polar surface area (TPSA) is 112 Å². The third kappa shape index (κ3) is 2.34. The maximum atomic E-state index is 9.40. The van der Waals surface area contributed by atoms with Gasteiger partial charge >= 0.3 is 6.01 Å². The van der Waals surface area contributed by atoms with Crippen LogP contribution in [0.5, 0.6) is 6.01 Å². The number of aromatic nitrogens is 3. The lowest BCUT2D eigenvalue weighted by Crippen LogP contribution is -2.20. The van der Waals surface area contributed by atoms with Gasteiger partial charge in [-0.05, 0) is 12.1 Å². The Kier molecular flexibility index (Phi) is 3.05. The van der Waals surface area contributed by atoms with Crippen molar-refractivity contribution in [2.45, 2.75) is 0 Å². The van der Waals surface area contributed by atoms with Crippen molar-refractivity contribution in [1.82, 2.24) is 15.0 Å². The van der Waals surface area contributed by atoms with Crippen molar-refractivity contribution in [1.29, 1.82) is 5.41 Å². The van der Waals surface area contributed by atoms with Gasteiger partial charge in [-0.2, -0.15) is 15.0 Å². The molecule has 0 unspecified atom stereocenters. The molecule has 0 fully saturated rings. The number of benzene rings is 1. The van der Waals surface area contributed by atoms with Crippen LogP contribution < -0.4 is 10.6 Å². The van der Waals surface area contributed by atoms with Crippen molar-refractivity contribution >= 4 is 17.5 Å². The van der Waals surface area contributed by atoms with Crippen LogP contribution in [0.2, 0.25) is 0 Å². The smallest absolute Gasteiger partial charge is 0.319 e. The molecule has 1 aromatic carbocycles. The zero-order chi connectivity index (χ0) is 13.1. The van der Waals surface area contributed by atoms with Gasteiger partial charge in [0.25, 0.3) is 0 Å². The molecule has 0 atom stereocenters. The Morgan fingerprint density at radius 2 is 1.89 bits per heavy atom. The van der Waals surface area contributed by atoms with Gasteiger partial charge in [0.2, 0.25) is 11.8 Å². The number of nitrogen functional groups attached to an aromatic ring is 1.